The zero-order valence-electron chi connectivity index (χ0n) is 20.5. The van der Waals surface area contributed by atoms with Crippen molar-refractivity contribution in [2.24, 2.45) is 5.92 Å². The number of rotatable bonds is 6. The number of nitriles is 1. The molecule has 4 rings (SSSR count). The Morgan fingerprint density at radius 3 is 2.64 bits per heavy atom. The summed E-state index contributed by atoms with van der Waals surface area (Å²) >= 11 is 3.48. The van der Waals surface area contributed by atoms with Crippen LogP contribution in [0.3, 0.4) is 0 Å². The van der Waals surface area contributed by atoms with Gasteiger partial charge in [0.25, 0.3) is 5.91 Å². The number of nitrogens with one attached hydrogen (secondary N) is 1. The van der Waals surface area contributed by atoms with Gasteiger partial charge in [-0.3, -0.25) is 14.5 Å². The van der Waals surface area contributed by atoms with E-state index in [9.17, 15) is 19.6 Å². The molecule has 2 heterocycles. The van der Waals surface area contributed by atoms with Gasteiger partial charge in [0.2, 0.25) is 5.91 Å². The van der Waals surface area contributed by atoms with Gasteiger partial charge in [0, 0.05) is 18.1 Å². The second-order valence-corrected chi connectivity index (χ2v) is 10.7. The van der Waals surface area contributed by atoms with Crippen LogP contribution in [0.2, 0.25) is 0 Å². The van der Waals surface area contributed by atoms with Gasteiger partial charge in [-0.1, -0.05) is 60.1 Å². The van der Waals surface area contributed by atoms with Gasteiger partial charge in [-0.2, -0.15) is 5.26 Å². The highest BCUT2D eigenvalue weighted by atomic mass is 79.9. The molecular formula is C27H29BrN4O4. The second-order valence-electron chi connectivity index (χ2n) is 9.79. The van der Waals surface area contributed by atoms with E-state index in [-0.39, 0.29) is 31.4 Å². The summed E-state index contributed by atoms with van der Waals surface area (Å²) in [7, 11) is 1.53. The third-order valence-electron chi connectivity index (χ3n) is 6.85. The maximum atomic E-state index is 14.0. The van der Waals surface area contributed by atoms with Crippen LogP contribution in [0.1, 0.15) is 37.8 Å². The zero-order chi connectivity index (χ0) is 26.0. The number of hydrogen-bond acceptors (Lipinski definition) is 6. The number of hydrogen-bond donors (Lipinski definition) is 1. The minimum Gasteiger partial charge on any atom is -0.445 e. The monoisotopic (exact) mass is 552 g/mol. The number of carbonyl (C=O) groups excluding carboxylic acids is 3. The lowest BCUT2D eigenvalue weighted by Gasteiger charge is -2.31. The number of halogens is 1. The van der Waals surface area contributed by atoms with E-state index in [2.05, 4.69) is 27.3 Å². The number of carbonyl (C=O) groups is 3. The van der Waals surface area contributed by atoms with Crippen molar-refractivity contribution in [2.45, 2.75) is 50.8 Å². The Labute approximate surface area is 219 Å². The highest BCUT2D eigenvalue weighted by Gasteiger charge is 2.57. The Kier molecular flexibility index (Phi) is 7.48. The zero-order valence-corrected chi connectivity index (χ0v) is 22.1. The van der Waals surface area contributed by atoms with Crippen molar-refractivity contribution in [2.75, 3.05) is 18.5 Å². The van der Waals surface area contributed by atoms with Gasteiger partial charge in [-0.15, -0.1) is 0 Å². The standard InChI is InChI=1S/C27H29BrN4O4/c1-17(2)11-23(31(3)26(35)36-15-18-7-5-4-6-8-18)24(33)32-22-10-9-19(28)12-21(22)27(25(32)34)13-20(14-29)30-16-27/h4-10,12,17,20,23,30H,11,13,15-16H2,1-3H3/t20-,23-,27-/m0/s1. The lowest BCUT2D eigenvalue weighted by Crippen LogP contribution is -2.53. The number of ether oxygens (including phenoxy) is 1. The Morgan fingerprint density at radius 1 is 1.28 bits per heavy atom. The minimum atomic E-state index is -1.01. The molecule has 188 valence electrons. The molecule has 0 bridgehead atoms. The van der Waals surface area contributed by atoms with Gasteiger partial charge in [-0.25, -0.2) is 9.69 Å². The quantitative estimate of drug-likeness (QED) is 0.578. The topological polar surface area (TPSA) is 103 Å². The Hall–Kier alpha value is -3.22. The van der Waals surface area contributed by atoms with Gasteiger partial charge in [-0.05, 0) is 48.1 Å². The summed E-state index contributed by atoms with van der Waals surface area (Å²) in [6.07, 6.45) is -0.000975. The van der Waals surface area contributed by atoms with Crippen LogP contribution < -0.4 is 10.2 Å². The first kappa shape index (κ1) is 25.9. The summed E-state index contributed by atoms with van der Waals surface area (Å²) in [6, 6.07) is 15.5. The van der Waals surface area contributed by atoms with Crippen molar-refractivity contribution in [3.8, 4) is 6.07 Å². The SMILES string of the molecule is CC(C)C[C@@H](C(=O)N1C(=O)[C@@]2(CN[C@H](C#N)C2)c2cc(Br)ccc21)N(C)C(=O)OCc1ccccc1. The molecule has 1 spiro atoms. The molecule has 1 saturated heterocycles. The molecule has 0 saturated carbocycles. The van der Waals surface area contributed by atoms with E-state index in [0.717, 1.165) is 10.0 Å². The molecule has 0 unspecified atom stereocenters. The second kappa shape index (κ2) is 10.4. The molecular weight excluding hydrogens is 524 g/mol. The van der Waals surface area contributed by atoms with E-state index in [0.29, 0.717) is 17.7 Å². The fourth-order valence-electron chi connectivity index (χ4n) is 4.96. The fraction of sp³-hybridized carbons (Fsp3) is 0.407. The van der Waals surface area contributed by atoms with Gasteiger partial charge in [0.1, 0.15) is 12.6 Å². The van der Waals surface area contributed by atoms with Crippen LogP contribution >= 0.6 is 15.9 Å². The number of anilines is 1. The molecule has 3 amide bonds. The molecule has 1 N–H and O–H groups in total. The Bertz CT molecular complexity index is 1210. The lowest BCUT2D eigenvalue weighted by atomic mass is 9.79. The van der Waals surface area contributed by atoms with E-state index < -0.39 is 29.5 Å². The number of fused-ring (bicyclic) bond motifs is 2. The van der Waals surface area contributed by atoms with Crippen LogP contribution in [0, 0.1) is 17.2 Å². The van der Waals surface area contributed by atoms with Crippen LogP contribution in [0.25, 0.3) is 0 Å². The molecule has 8 nitrogen and oxygen atoms in total. The number of benzene rings is 2. The van der Waals surface area contributed by atoms with Gasteiger partial charge in [0.05, 0.1) is 23.2 Å². The van der Waals surface area contributed by atoms with Gasteiger partial charge in [0.15, 0.2) is 0 Å². The summed E-state index contributed by atoms with van der Waals surface area (Å²) in [6.45, 7) is 4.26. The van der Waals surface area contributed by atoms with Crippen molar-refractivity contribution in [1.29, 1.82) is 5.26 Å². The molecule has 9 heteroatoms. The van der Waals surface area contributed by atoms with Crippen molar-refractivity contribution in [1.82, 2.24) is 10.2 Å². The summed E-state index contributed by atoms with van der Waals surface area (Å²) in [5.74, 6) is -0.769. The molecule has 2 aromatic rings. The van der Waals surface area contributed by atoms with E-state index >= 15 is 0 Å². The predicted octanol–water partition coefficient (Wildman–Crippen LogP) is 4.13. The van der Waals surface area contributed by atoms with Crippen LogP contribution in [-0.2, 0) is 26.3 Å². The van der Waals surface area contributed by atoms with Crippen molar-refractivity contribution < 1.29 is 19.1 Å². The van der Waals surface area contributed by atoms with E-state index in [1.165, 1.54) is 16.8 Å². The Balaban J connectivity index is 1.63. The summed E-state index contributed by atoms with van der Waals surface area (Å²) in [5.41, 5.74) is 1.03. The van der Waals surface area contributed by atoms with Crippen LogP contribution in [-0.4, -0.2) is 48.5 Å². The van der Waals surface area contributed by atoms with Crippen LogP contribution in [0.4, 0.5) is 10.5 Å². The highest BCUT2D eigenvalue weighted by molar-refractivity contribution is 9.10. The number of amides is 3. The highest BCUT2D eigenvalue weighted by Crippen LogP contribution is 2.48. The minimum absolute atomic E-state index is 0.0792. The molecule has 3 atom stereocenters. The molecule has 2 aromatic carbocycles. The number of imide groups is 1. The molecule has 2 aliphatic heterocycles. The van der Waals surface area contributed by atoms with E-state index in [4.69, 9.17) is 4.74 Å². The summed E-state index contributed by atoms with van der Waals surface area (Å²) < 4.78 is 6.26. The lowest BCUT2D eigenvalue weighted by molar-refractivity contribution is -0.131. The maximum absolute atomic E-state index is 14.0. The summed E-state index contributed by atoms with van der Waals surface area (Å²) in [5, 5.41) is 12.6. The van der Waals surface area contributed by atoms with Gasteiger partial charge >= 0.3 is 6.09 Å². The van der Waals surface area contributed by atoms with E-state index in [1.54, 1.807) is 12.1 Å². The third kappa shape index (κ3) is 4.75. The van der Waals surface area contributed by atoms with Crippen molar-refractivity contribution in [3.05, 3.63) is 64.1 Å². The smallest absolute Gasteiger partial charge is 0.410 e. The van der Waals surface area contributed by atoms with Crippen LogP contribution in [0.15, 0.2) is 53.0 Å². The van der Waals surface area contributed by atoms with Crippen molar-refractivity contribution in [3.63, 3.8) is 0 Å². The molecule has 2 aliphatic rings. The first-order valence-corrected chi connectivity index (χ1v) is 12.7. The van der Waals surface area contributed by atoms with Crippen molar-refractivity contribution >= 4 is 39.5 Å². The predicted molar refractivity (Wildman–Crippen MR) is 138 cm³/mol. The molecule has 0 aromatic heterocycles. The third-order valence-corrected chi connectivity index (χ3v) is 7.34. The summed E-state index contributed by atoms with van der Waals surface area (Å²) in [4.78, 5) is 43.4. The largest absolute Gasteiger partial charge is 0.445 e. The first-order chi connectivity index (χ1) is 17.2. The average molecular weight is 553 g/mol. The molecule has 1 fully saturated rings. The van der Waals surface area contributed by atoms with Gasteiger partial charge < -0.3 is 10.1 Å². The number of nitrogens with zero attached hydrogens (tertiary/aromatic N) is 3. The fourth-order valence-corrected chi connectivity index (χ4v) is 5.32. The normalized spacial score (nSPS) is 21.4. The number of likely N-dealkylation sites (N-methyl/N-ethyl adjacent to an activating group) is 1. The van der Waals surface area contributed by atoms with E-state index in [1.807, 2.05) is 50.2 Å². The molecule has 0 radical (unpaired) electrons. The molecule has 0 aliphatic carbocycles. The Morgan fingerprint density at radius 2 is 2.00 bits per heavy atom. The average Bonchev–Trinajstić information content (AvgIpc) is 3.41. The van der Waals surface area contributed by atoms with Crippen LogP contribution in [0.5, 0.6) is 0 Å². The first-order valence-electron chi connectivity index (χ1n) is 11.9. The molecule has 36 heavy (non-hydrogen) atoms. The maximum Gasteiger partial charge on any atom is 0.410 e.